The number of para-hydroxylation sites is 1. The SMILES string of the molecule is Cc1cc(Cl)c2c(c1)[C@]1(C(=O)N2)[C@H](C(=O)c2ccc(Br)cc2)[C@@]2(C(=O)Nc3ccccc32)[C@@H]2CCCN21. The number of carbonyl (C=O) groups excluding carboxylic acids is 3. The molecule has 2 N–H and O–H groups in total. The van der Waals surface area contributed by atoms with Crippen molar-refractivity contribution in [3.8, 4) is 0 Å². The lowest BCUT2D eigenvalue weighted by Gasteiger charge is -2.38. The van der Waals surface area contributed by atoms with Crippen LogP contribution in [0.5, 0.6) is 0 Å². The molecule has 8 heteroatoms. The van der Waals surface area contributed by atoms with Crippen molar-refractivity contribution in [3.63, 3.8) is 0 Å². The maximum atomic E-state index is 14.8. The minimum atomic E-state index is -1.37. The van der Waals surface area contributed by atoms with E-state index in [4.69, 9.17) is 11.6 Å². The first-order valence-corrected chi connectivity index (χ1v) is 13.6. The normalized spacial score (nSPS) is 29.4. The average molecular weight is 577 g/mol. The lowest BCUT2D eigenvalue weighted by Crippen LogP contribution is -2.55. The topological polar surface area (TPSA) is 78.5 Å². The summed E-state index contributed by atoms with van der Waals surface area (Å²) in [5.41, 5.74) is 1.44. The van der Waals surface area contributed by atoms with Crippen LogP contribution in [-0.4, -0.2) is 35.1 Å². The summed E-state index contributed by atoms with van der Waals surface area (Å²) >= 11 is 10.1. The molecule has 3 aromatic rings. The van der Waals surface area contributed by atoms with E-state index in [0.29, 0.717) is 40.5 Å². The molecule has 37 heavy (non-hydrogen) atoms. The molecule has 3 aromatic carbocycles. The molecule has 4 aliphatic heterocycles. The van der Waals surface area contributed by atoms with E-state index in [1.807, 2.05) is 55.5 Å². The fourth-order valence-electron chi connectivity index (χ4n) is 7.52. The molecule has 7 rings (SSSR count). The molecule has 0 aliphatic carbocycles. The number of fused-ring (bicyclic) bond motifs is 7. The Bertz CT molecular complexity index is 1540. The number of hydrogen-bond acceptors (Lipinski definition) is 4. The predicted molar refractivity (Wildman–Crippen MR) is 145 cm³/mol. The van der Waals surface area contributed by atoms with E-state index in [-0.39, 0.29) is 23.6 Å². The monoisotopic (exact) mass is 575 g/mol. The summed E-state index contributed by atoms with van der Waals surface area (Å²) in [6.07, 6.45) is 1.53. The number of nitrogens with zero attached hydrogens (tertiary/aromatic N) is 1. The van der Waals surface area contributed by atoms with Crippen molar-refractivity contribution >= 4 is 56.5 Å². The third-order valence-electron chi connectivity index (χ3n) is 8.72. The predicted octanol–water partition coefficient (Wildman–Crippen LogP) is 5.43. The van der Waals surface area contributed by atoms with Crippen molar-refractivity contribution in [2.45, 2.75) is 36.8 Å². The van der Waals surface area contributed by atoms with Crippen molar-refractivity contribution in [1.29, 1.82) is 0 Å². The lowest BCUT2D eigenvalue weighted by molar-refractivity contribution is -0.128. The van der Waals surface area contributed by atoms with Crippen LogP contribution in [0.2, 0.25) is 5.02 Å². The summed E-state index contributed by atoms with van der Waals surface area (Å²) in [6.45, 7) is 2.53. The van der Waals surface area contributed by atoms with Crippen LogP contribution in [0, 0.1) is 12.8 Å². The summed E-state index contributed by atoms with van der Waals surface area (Å²) in [7, 11) is 0. The molecule has 0 radical (unpaired) electrons. The minimum absolute atomic E-state index is 0.224. The highest BCUT2D eigenvalue weighted by atomic mass is 79.9. The van der Waals surface area contributed by atoms with Gasteiger partial charge in [-0.15, -0.1) is 0 Å². The van der Waals surface area contributed by atoms with Gasteiger partial charge in [-0.05, 0) is 61.7 Å². The first-order chi connectivity index (χ1) is 17.8. The molecule has 0 unspecified atom stereocenters. The molecule has 4 atom stereocenters. The largest absolute Gasteiger partial charge is 0.325 e. The van der Waals surface area contributed by atoms with Gasteiger partial charge < -0.3 is 10.6 Å². The number of ketones is 1. The zero-order valence-corrected chi connectivity index (χ0v) is 22.3. The van der Waals surface area contributed by atoms with Gasteiger partial charge in [-0.3, -0.25) is 19.3 Å². The van der Waals surface area contributed by atoms with Crippen LogP contribution >= 0.6 is 27.5 Å². The Morgan fingerprint density at radius 3 is 2.57 bits per heavy atom. The lowest BCUT2D eigenvalue weighted by atomic mass is 9.60. The van der Waals surface area contributed by atoms with Gasteiger partial charge in [0.1, 0.15) is 11.0 Å². The standard InChI is InChI=1S/C29H23BrClN3O3/c1-15-13-19-23(20(31)14-15)33-27(37)29(19)25(24(35)16-8-10-17(30)11-9-16)28(22-7-4-12-34(22)29)18-5-2-3-6-21(18)32-26(28)36/h2-3,5-6,8-11,13-14,22,25H,4,7,12H2,1H3,(H,32,36)(H,33,37)/t22-,25+,28-,29+/m0/s1. The summed E-state index contributed by atoms with van der Waals surface area (Å²) in [6, 6.07) is 18.2. The number of aryl methyl sites for hydroxylation is 1. The highest BCUT2D eigenvalue weighted by Crippen LogP contribution is 2.66. The van der Waals surface area contributed by atoms with Crippen molar-refractivity contribution < 1.29 is 14.4 Å². The van der Waals surface area contributed by atoms with Gasteiger partial charge in [-0.25, -0.2) is 0 Å². The van der Waals surface area contributed by atoms with E-state index in [1.165, 1.54) is 0 Å². The third-order valence-corrected chi connectivity index (χ3v) is 9.55. The molecule has 4 heterocycles. The zero-order chi connectivity index (χ0) is 25.7. The van der Waals surface area contributed by atoms with Crippen molar-refractivity contribution in [2.75, 3.05) is 17.2 Å². The summed E-state index contributed by atoms with van der Waals surface area (Å²) in [4.78, 5) is 45.4. The summed E-state index contributed by atoms with van der Waals surface area (Å²) in [5.74, 6) is -1.74. The average Bonchev–Trinajstić information content (AvgIpc) is 3.59. The van der Waals surface area contributed by atoms with Gasteiger partial charge in [-0.2, -0.15) is 0 Å². The molecule has 0 bridgehead atoms. The highest BCUT2D eigenvalue weighted by Gasteiger charge is 2.78. The molecular weight excluding hydrogens is 554 g/mol. The summed E-state index contributed by atoms with van der Waals surface area (Å²) < 4.78 is 0.843. The van der Waals surface area contributed by atoms with Gasteiger partial charge in [0.25, 0.3) is 0 Å². The number of carbonyl (C=O) groups is 3. The van der Waals surface area contributed by atoms with Crippen molar-refractivity contribution in [3.05, 3.63) is 92.4 Å². The first-order valence-electron chi connectivity index (χ1n) is 12.4. The zero-order valence-electron chi connectivity index (χ0n) is 20.0. The second kappa shape index (κ2) is 7.76. The number of anilines is 2. The fraction of sp³-hybridized carbons (Fsp3) is 0.276. The van der Waals surface area contributed by atoms with E-state index >= 15 is 0 Å². The van der Waals surface area contributed by atoms with E-state index in [9.17, 15) is 14.4 Å². The van der Waals surface area contributed by atoms with Gasteiger partial charge >= 0.3 is 0 Å². The van der Waals surface area contributed by atoms with E-state index in [0.717, 1.165) is 22.0 Å². The van der Waals surface area contributed by atoms with Crippen LogP contribution < -0.4 is 10.6 Å². The van der Waals surface area contributed by atoms with Crippen LogP contribution in [0.3, 0.4) is 0 Å². The molecule has 2 spiro atoms. The van der Waals surface area contributed by atoms with Crippen LogP contribution in [0.1, 0.15) is 39.9 Å². The van der Waals surface area contributed by atoms with Gasteiger partial charge in [-0.1, -0.05) is 63.9 Å². The maximum absolute atomic E-state index is 14.8. The number of halogens is 2. The minimum Gasteiger partial charge on any atom is -0.325 e. The first kappa shape index (κ1) is 23.1. The molecule has 2 amide bonds. The Balaban J connectivity index is 1.60. The van der Waals surface area contributed by atoms with Crippen LogP contribution in [-0.2, 0) is 20.5 Å². The van der Waals surface area contributed by atoms with Gasteiger partial charge in [0, 0.05) is 27.3 Å². The van der Waals surface area contributed by atoms with Crippen LogP contribution in [0.25, 0.3) is 0 Å². The Kier molecular flexibility index (Phi) is 4.85. The molecule has 186 valence electrons. The third kappa shape index (κ3) is 2.72. The molecular formula is C29H23BrClN3O3. The second-order valence-electron chi connectivity index (χ2n) is 10.4. The van der Waals surface area contributed by atoms with Gasteiger partial charge in [0.05, 0.1) is 16.6 Å². The maximum Gasteiger partial charge on any atom is 0.250 e. The Morgan fingerprint density at radius 1 is 1.03 bits per heavy atom. The number of benzene rings is 3. The number of amides is 2. The Hall–Kier alpha value is -3.00. The van der Waals surface area contributed by atoms with Crippen molar-refractivity contribution in [2.24, 2.45) is 5.92 Å². The molecule has 0 aromatic heterocycles. The van der Waals surface area contributed by atoms with Crippen molar-refractivity contribution in [1.82, 2.24) is 4.90 Å². The fourth-order valence-corrected chi connectivity index (χ4v) is 8.10. The number of Topliss-reactive ketones (excluding diaryl/α,β-unsaturated/α-hetero) is 1. The molecule has 0 saturated carbocycles. The van der Waals surface area contributed by atoms with Crippen LogP contribution in [0.4, 0.5) is 11.4 Å². The second-order valence-corrected chi connectivity index (χ2v) is 11.7. The van der Waals surface area contributed by atoms with Gasteiger partial charge in [0.15, 0.2) is 5.78 Å². The Morgan fingerprint density at radius 2 is 1.78 bits per heavy atom. The van der Waals surface area contributed by atoms with E-state index < -0.39 is 16.9 Å². The molecule has 6 nitrogen and oxygen atoms in total. The Labute approximate surface area is 227 Å². The van der Waals surface area contributed by atoms with Crippen LogP contribution in [0.15, 0.2) is 65.1 Å². The smallest absolute Gasteiger partial charge is 0.250 e. The quantitative estimate of drug-likeness (QED) is 0.399. The molecule has 2 saturated heterocycles. The number of hydrogen-bond donors (Lipinski definition) is 2. The van der Waals surface area contributed by atoms with E-state index in [1.54, 1.807) is 12.1 Å². The highest BCUT2D eigenvalue weighted by molar-refractivity contribution is 9.10. The van der Waals surface area contributed by atoms with Gasteiger partial charge in [0.2, 0.25) is 11.8 Å². The number of nitrogens with one attached hydrogen (secondary N) is 2. The molecule has 4 aliphatic rings. The molecule has 2 fully saturated rings. The number of rotatable bonds is 2. The summed E-state index contributed by atoms with van der Waals surface area (Å²) in [5, 5.41) is 6.53. The van der Waals surface area contributed by atoms with E-state index in [2.05, 4.69) is 31.5 Å².